The minimum atomic E-state index is -1.21. The molecule has 1 aliphatic heterocycles. The molecule has 1 heterocycles. The van der Waals surface area contributed by atoms with Gasteiger partial charge in [0.1, 0.15) is 5.25 Å². The Morgan fingerprint density at radius 3 is 2.32 bits per heavy atom. The van der Waals surface area contributed by atoms with Crippen LogP contribution < -0.4 is 0 Å². The number of hydrogen-bond donors (Lipinski definition) is 3. The zero-order chi connectivity index (χ0) is 14.8. The van der Waals surface area contributed by atoms with Crippen molar-refractivity contribution in [3.8, 4) is 0 Å². The van der Waals surface area contributed by atoms with Crippen molar-refractivity contribution in [2.45, 2.75) is 31.4 Å². The molecular formula is C12H22N2O4S. The van der Waals surface area contributed by atoms with Crippen LogP contribution in [0.1, 0.15) is 26.2 Å². The van der Waals surface area contributed by atoms with Crippen LogP contribution in [0.2, 0.25) is 0 Å². The summed E-state index contributed by atoms with van der Waals surface area (Å²) < 4.78 is 0. The summed E-state index contributed by atoms with van der Waals surface area (Å²) in [4.78, 5) is 24.2. The van der Waals surface area contributed by atoms with Gasteiger partial charge in [-0.3, -0.25) is 9.59 Å². The molecule has 1 rings (SSSR count). The van der Waals surface area contributed by atoms with Crippen molar-refractivity contribution in [1.29, 1.82) is 0 Å². The molecule has 110 valence electrons. The van der Waals surface area contributed by atoms with Crippen LogP contribution in [-0.4, -0.2) is 57.5 Å². The van der Waals surface area contributed by atoms with Crippen molar-refractivity contribution in [2.75, 3.05) is 20.3 Å². The van der Waals surface area contributed by atoms with E-state index in [2.05, 4.69) is 48.8 Å². The topological polar surface area (TPSA) is 81.1 Å². The lowest BCUT2D eigenvalue weighted by Crippen LogP contribution is -2.23. The summed E-state index contributed by atoms with van der Waals surface area (Å²) >= 11 is 3.48. The van der Waals surface area contributed by atoms with Gasteiger partial charge in [0.15, 0.2) is 0 Å². The summed E-state index contributed by atoms with van der Waals surface area (Å²) in [6.45, 7) is 4.50. The number of nitrogens with zero attached hydrogens (tertiary/aromatic N) is 2. The number of aliphatic carboxylic acids is 2. The summed E-state index contributed by atoms with van der Waals surface area (Å²) in [5.74, 6) is -2.36. The van der Waals surface area contributed by atoms with E-state index in [1.54, 1.807) is 0 Å². The van der Waals surface area contributed by atoms with Crippen molar-refractivity contribution in [3.63, 3.8) is 0 Å². The molecule has 0 fully saturated rings. The number of carboxylic acid groups (broad SMARTS) is 2. The number of carbonyl (C=O) groups is 2. The maximum atomic E-state index is 9.90. The molecule has 0 radical (unpaired) electrons. The maximum Gasteiger partial charge on any atom is 0.316 e. The van der Waals surface area contributed by atoms with Gasteiger partial charge in [0.05, 0.1) is 13.1 Å². The number of carboxylic acids is 2. The van der Waals surface area contributed by atoms with Gasteiger partial charge in [0.2, 0.25) is 0 Å². The quantitative estimate of drug-likeness (QED) is 0.640. The molecule has 0 bridgehead atoms. The smallest absolute Gasteiger partial charge is 0.316 e. The average Bonchev–Trinajstić information content (AvgIpc) is 2.72. The third kappa shape index (κ3) is 9.24. The summed E-state index contributed by atoms with van der Waals surface area (Å²) in [6, 6.07) is 0. The number of unbranched alkanes of at least 4 members (excludes halogenated alkanes) is 1. The van der Waals surface area contributed by atoms with Gasteiger partial charge in [0, 0.05) is 26.0 Å². The van der Waals surface area contributed by atoms with E-state index >= 15 is 0 Å². The third-order valence-electron chi connectivity index (χ3n) is 2.39. The van der Waals surface area contributed by atoms with Crippen LogP contribution in [0.15, 0.2) is 12.4 Å². The molecule has 0 aromatic rings. The Hall–Kier alpha value is -1.37. The van der Waals surface area contributed by atoms with E-state index in [1.807, 2.05) is 0 Å². The predicted molar refractivity (Wildman–Crippen MR) is 76.0 cm³/mol. The lowest BCUT2D eigenvalue weighted by atomic mass is 10.3. The van der Waals surface area contributed by atoms with E-state index in [-0.39, 0.29) is 0 Å². The normalized spacial score (nSPS) is 14.9. The van der Waals surface area contributed by atoms with Crippen LogP contribution in [-0.2, 0) is 9.59 Å². The summed E-state index contributed by atoms with van der Waals surface area (Å²) in [5.41, 5.74) is 0. The molecule has 0 saturated heterocycles. The van der Waals surface area contributed by atoms with Gasteiger partial charge >= 0.3 is 11.9 Å². The van der Waals surface area contributed by atoms with Crippen LogP contribution in [0, 0.1) is 0 Å². The maximum absolute atomic E-state index is 9.90. The Balaban J connectivity index is 0.000000344. The number of thiol groups is 1. The summed E-state index contributed by atoms with van der Waals surface area (Å²) in [7, 11) is 2.10. The van der Waals surface area contributed by atoms with Crippen LogP contribution in [0.4, 0.5) is 0 Å². The molecule has 0 aromatic heterocycles. The Morgan fingerprint density at radius 2 is 2.00 bits per heavy atom. The zero-order valence-corrected chi connectivity index (χ0v) is 12.2. The minimum Gasteiger partial charge on any atom is -0.481 e. The lowest BCUT2D eigenvalue weighted by Gasteiger charge is -2.17. The largest absolute Gasteiger partial charge is 0.481 e. The fourth-order valence-corrected chi connectivity index (χ4v) is 1.50. The first kappa shape index (κ1) is 17.6. The molecule has 0 aromatic carbocycles. The zero-order valence-electron chi connectivity index (χ0n) is 11.3. The highest BCUT2D eigenvalue weighted by molar-refractivity contribution is 7.81. The Bertz CT molecular complexity index is 323. The molecule has 7 heteroatoms. The standard InChI is InChI=1S/C8H16N2.C4H6O4S/c1-3-4-5-10-7-6-9(2)8-10;5-3(6)1-2(9)4(7)8/h6-7H,3-5,8H2,1-2H3;2,9H,1H2,(H,5,6)(H,7,8). The predicted octanol–water partition coefficient (Wildman–Crippen LogP) is 1.31. The van der Waals surface area contributed by atoms with Gasteiger partial charge in [0.25, 0.3) is 0 Å². The highest BCUT2D eigenvalue weighted by atomic mass is 32.1. The Kier molecular flexibility index (Phi) is 8.86. The molecule has 0 aliphatic carbocycles. The second-order valence-electron chi connectivity index (χ2n) is 4.31. The van der Waals surface area contributed by atoms with E-state index in [4.69, 9.17) is 10.2 Å². The third-order valence-corrected chi connectivity index (χ3v) is 2.79. The molecule has 0 spiro atoms. The van der Waals surface area contributed by atoms with Crippen LogP contribution in [0.3, 0.4) is 0 Å². The molecule has 0 amide bonds. The van der Waals surface area contributed by atoms with Crippen LogP contribution >= 0.6 is 12.6 Å². The summed E-state index contributed by atoms with van der Waals surface area (Å²) in [5, 5.41) is 15.0. The molecular weight excluding hydrogens is 268 g/mol. The van der Waals surface area contributed by atoms with E-state index in [1.165, 1.54) is 19.4 Å². The van der Waals surface area contributed by atoms with Crippen molar-refractivity contribution in [2.24, 2.45) is 0 Å². The van der Waals surface area contributed by atoms with Crippen molar-refractivity contribution in [1.82, 2.24) is 9.80 Å². The van der Waals surface area contributed by atoms with Crippen LogP contribution in [0.5, 0.6) is 0 Å². The van der Waals surface area contributed by atoms with Gasteiger partial charge in [-0.1, -0.05) is 13.3 Å². The summed E-state index contributed by atoms with van der Waals surface area (Å²) in [6.07, 6.45) is 6.43. The Morgan fingerprint density at radius 1 is 1.37 bits per heavy atom. The molecule has 1 unspecified atom stereocenters. The fourth-order valence-electron chi connectivity index (χ4n) is 1.35. The van der Waals surface area contributed by atoms with E-state index in [0.717, 1.165) is 6.67 Å². The van der Waals surface area contributed by atoms with Crippen molar-refractivity contribution >= 4 is 24.6 Å². The first-order chi connectivity index (χ1) is 8.86. The first-order valence-electron chi connectivity index (χ1n) is 6.12. The van der Waals surface area contributed by atoms with Crippen molar-refractivity contribution < 1.29 is 19.8 Å². The molecule has 1 aliphatic rings. The first-order valence-corrected chi connectivity index (χ1v) is 6.63. The molecule has 0 saturated carbocycles. The van der Waals surface area contributed by atoms with E-state index in [9.17, 15) is 9.59 Å². The number of rotatable bonds is 6. The molecule has 6 nitrogen and oxygen atoms in total. The SMILES string of the molecule is CCCCN1C=CN(C)C1.O=C(O)CC(S)C(=O)O. The average molecular weight is 290 g/mol. The van der Waals surface area contributed by atoms with Crippen LogP contribution in [0.25, 0.3) is 0 Å². The minimum absolute atomic E-state index is 0.446. The van der Waals surface area contributed by atoms with E-state index < -0.39 is 23.6 Å². The van der Waals surface area contributed by atoms with Crippen molar-refractivity contribution in [3.05, 3.63) is 12.4 Å². The molecule has 19 heavy (non-hydrogen) atoms. The fraction of sp³-hybridized carbons (Fsp3) is 0.667. The van der Waals surface area contributed by atoms with Gasteiger partial charge in [-0.25, -0.2) is 0 Å². The van der Waals surface area contributed by atoms with Gasteiger partial charge in [-0.2, -0.15) is 12.6 Å². The number of hydrogen-bond acceptors (Lipinski definition) is 5. The lowest BCUT2D eigenvalue weighted by molar-refractivity contribution is -0.142. The van der Waals surface area contributed by atoms with Gasteiger partial charge < -0.3 is 20.0 Å². The second-order valence-corrected chi connectivity index (χ2v) is 4.94. The highest BCUT2D eigenvalue weighted by Crippen LogP contribution is 2.04. The Labute approximate surface area is 119 Å². The molecule has 1 atom stereocenters. The molecule has 2 N–H and O–H groups in total. The van der Waals surface area contributed by atoms with E-state index in [0.29, 0.717) is 0 Å². The van der Waals surface area contributed by atoms with Gasteiger partial charge in [-0.15, -0.1) is 0 Å². The highest BCUT2D eigenvalue weighted by Gasteiger charge is 2.15. The van der Waals surface area contributed by atoms with Gasteiger partial charge in [-0.05, 0) is 6.42 Å². The monoisotopic (exact) mass is 290 g/mol. The second kappa shape index (κ2) is 9.55.